The van der Waals surface area contributed by atoms with Crippen LogP contribution in [-0.2, 0) is 9.53 Å². The number of carbonyl (C=O) groups excluding carboxylic acids is 1. The summed E-state index contributed by atoms with van der Waals surface area (Å²) in [6.45, 7) is 1.76. The smallest absolute Gasteiger partial charge is 0.306 e. The molecule has 4 heteroatoms. The minimum atomic E-state index is -0.423. The van der Waals surface area contributed by atoms with Gasteiger partial charge in [-0.1, -0.05) is 12.1 Å². The number of rotatable bonds is 6. The minimum absolute atomic E-state index is 0.109. The average Bonchev–Trinajstić information content (AvgIpc) is 3.17. The molecule has 1 aliphatic carbocycles. The van der Waals surface area contributed by atoms with Crippen molar-refractivity contribution in [3.05, 3.63) is 29.8 Å². The molecule has 104 valence electrons. The molecule has 1 aromatic carbocycles. The van der Waals surface area contributed by atoms with Gasteiger partial charge in [-0.2, -0.15) is 0 Å². The maximum absolute atomic E-state index is 11.3. The van der Waals surface area contributed by atoms with Crippen LogP contribution in [0.3, 0.4) is 0 Å². The van der Waals surface area contributed by atoms with E-state index in [9.17, 15) is 9.90 Å². The summed E-state index contributed by atoms with van der Waals surface area (Å²) in [7, 11) is 1.44. The second-order valence-corrected chi connectivity index (χ2v) is 6.34. The molecule has 0 radical (unpaired) electrons. The third kappa shape index (κ3) is 3.98. The molecule has 2 rings (SSSR count). The average molecular weight is 280 g/mol. The largest absolute Gasteiger partial charge is 0.469 e. The summed E-state index contributed by atoms with van der Waals surface area (Å²) in [5.41, 5.74) is 1.08. The molecule has 1 atom stereocenters. The van der Waals surface area contributed by atoms with Crippen LogP contribution in [0.4, 0.5) is 0 Å². The van der Waals surface area contributed by atoms with E-state index in [2.05, 4.69) is 0 Å². The van der Waals surface area contributed by atoms with Crippen LogP contribution in [0.15, 0.2) is 29.2 Å². The van der Waals surface area contributed by atoms with Crippen molar-refractivity contribution < 1.29 is 14.6 Å². The fraction of sp³-hybridized carbons (Fsp3) is 0.533. The predicted octanol–water partition coefficient (Wildman–Crippen LogP) is 3.18. The van der Waals surface area contributed by atoms with Crippen LogP contribution in [0.1, 0.15) is 37.9 Å². The second-order valence-electron chi connectivity index (χ2n) is 5.29. The van der Waals surface area contributed by atoms with Gasteiger partial charge in [-0.3, -0.25) is 4.79 Å². The number of hydrogen-bond donors (Lipinski definition) is 1. The molecule has 0 unspecified atom stereocenters. The Bertz CT molecular complexity index is 435. The van der Waals surface area contributed by atoms with Crippen molar-refractivity contribution in [1.29, 1.82) is 0 Å². The first-order chi connectivity index (χ1) is 9.04. The molecule has 3 nitrogen and oxygen atoms in total. The number of thioether (sulfide) groups is 1. The fourth-order valence-electron chi connectivity index (χ4n) is 2.01. The van der Waals surface area contributed by atoms with Gasteiger partial charge in [0.25, 0.3) is 0 Å². The Balaban J connectivity index is 1.87. The highest BCUT2D eigenvalue weighted by Gasteiger charge is 2.44. The summed E-state index contributed by atoms with van der Waals surface area (Å²) in [6.07, 6.45) is 2.33. The zero-order valence-corrected chi connectivity index (χ0v) is 12.2. The number of methoxy groups -OCH3 is 1. The number of ether oxygens (including phenoxy) is 1. The molecule has 0 amide bonds. The highest BCUT2D eigenvalue weighted by atomic mass is 32.2. The first kappa shape index (κ1) is 14.4. The predicted molar refractivity (Wildman–Crippen MR) is 76.1 cm³/mol. The lowest BCUT2D eigenvalue weighted by Gasteiger charge is -2.13. The highest BCUT2D eigenvalue weighted by molar-refractivity contribution is 7.99. The Hall–Kier alpha value is -1.00. The molecule has 0 spiro atoms. The van der Waals surface area contributed by atoms with E-state index in [1.807, 2.05) is 24.3 Å². The molecular weight excluding hydrogens is 260 g/mol. The molecule has 1 N–H and O–H groups in total. The quantitative estimate of drug-likeness (QED) is 0.642. The number of benzene rings is 1. The van der Waals surface area contributed by atoms with Crippen molar-refractivity contribution in [3.8, 4) is 0 Å². The lowest BCUT2D eigenvalue weighted by Crippen LogP contribution is -2.12. The summed E-state index contributed by atoms with van der Waals surface area (Å²) < 4.78 is 4.74. The number of esters is 1. The molecule has 0 aromatic heterocycles. The SMILES string of the molecule is COC(=O)CC1(CSc2ccc([C@H](C)O)cc2)CC1. The maximum Gasteiger partial charge on any atom is 0.306 e. The van der Waals surface area contributed by atoms with E-state index in [-0.39, 0.29) is 11.4 Å². The van der Waals surface area contributed by atoms with E-state index in [4.69, 9.17) is 4.74 Å². The van der Waals surface area contributed by atoms with E-state index in [1.54, 1.807) is 18.7 Å². The fourth-order valence-corrected chi connectivity index (χ4v) is 3.20. The van der Waals surface area contributed by atoms with E-state index in [0.29, 0.717) is 6.42 Å². The Morgan fingerprint density at radius 1 is 1.42 bits per heavy atom. The Kier molecular flexibility index (Phi) is 4.53. The maximum atomic E-state index is 11.3. The van der Waals surface area contributed by atoms with Crippen molar-refractivity contribution in [3.63, 3.8) is 0 Å². The monoisotopic (exact) mass is 280 g/mol. The van der Waals surface area contributed by atoms with Gasteiger partial charge in [-0.15, -0.1) is 11.8 Å². The van der Waals surface area contributed by atoms with E-state index >= 15 is 0 Å². The number of carbonyl (C=O) groups is 1. The van der Waals surface area contributed by atoms with Gasteiger partial charge in [0.05, 0.1) is 19.6 Å². The number of hydrogen-bond acceptors (Lipinski definition) is 4. The van der Waals surface area contributed by atoms with Crippen molar-refractivity contribution in [1.82, 2.24) is 0 Å². The minimum Gasteiger partial charge on any atom is -0.469 e. The second kappa shape index (κ2) is 5.97. The number of aliphatic hydroxyl groups is 1. The first-order valence-electron chi connectivity index (χ1n) is 6.52. The molecule has 0 aliphatic heterocycles. The Labute approximate surface area is 118 Å². The Morgan fingerprint density at radius 2 is 2.05 bits per heavy atom. The zero-order valence-electron chi connectivity index (χ0n) is 11.4. The summed E-state index contributed by atoms with van der Waals surface area (Å²) in [5, 5.41) is 9.45. The molecular formula is C15H20O3S. The van der Waals surface area contributed by atoms with Crippen molar-refractivity contribution in [2.75, 3.05) is 12.9 Å². The Morgan fingerprint density at radius 3 is 2.53 bits per heavy atom. The van der Waals surface area contributed by atoms with Crippen LogP contribution in [0, 0.1) is 5.41 Å². The van der Waals surface area contributed by atoms with Gasteiger partial charge in [-0.05, 0) is 42.9 Å². The molecule has 1 fully saturated rings. The van der Waals surface area contributed by atoms with Crippen LogP contribution in [0.5, 0.6) is 0 Å². The van der Waals surface area contributed by atoms with Gasteiger partial charge in [0, 0.05) is 10.6 Å². The van der Waals surface area contributed by atoms with Crippen LogP contribution < -0.4 is 0 Å². The van der Waals surface area contributed by atoms with Gasteiger partial charge < -0.3 is 9.84 Å². The summed E-state index contributed by atoms with van der Waals surface area (Å²) in [4.78, 5) is 12.5. The molecule has 1 saturated carbocycles. The van der Waals surface area contributed by atoms with Gasteiger partial charge in [-0.25, -0.2) is 0 Å². The third-order valence-corrected chi connectivity index (χ3v) is 4.97. The van der Waals surface area contributed by atoms with Crippen LogP contribution in [0.25, 0.3) is 0 Å². The van der Waals surface area contributed by atoms with E-state index in [0.717, 1.165) is 24.2 Å². The van der Waals surface area contributed by atoms with Gasteiger partial charge in [0.1, 0.15) is 0 Å². The summed E-state index contributed by atoms with van der Waals surface area (Å²) in [6, 6.07) is 7.96. The topological polar surface area (TPSA) is 46.5 Å². The first-order valence-corrected chi connectivity index (χ1v) is 7.51. The van der Waals surface area contributed by atoms with E-state index < -0.39 is 6.10 Å². The van der Waals surface area contributed by atoms with Gasteiger partial charge in [0.15, 0.2) is 0 Å². The molecule has 0 bridgehead atoms. The molecule has 0 saturated heterocycles. The van der Waals surface area contributed by atoms with Crippen molar-refractivity contribution >= 4 is 17.7 Å². The van der Waals surface area contributed by atoms with Gasteiger partial charge >= 0.3 is 5.97 Å². The standard InChI is InChI=1S/C15H20O3S/c1-11(16)12-3-5-13(6-4-12)19-10-15(7-8-15)9-14(17)18-2/h3-6,11,16H,7-10H2,1-2H3/t11-/m0/s1. The summed E-state index contributed by atoms with van der Waals surface area (Å²) in [5.74, 6) is 0.846. The lowest BCUT2D eigenvalue weighted by molar-refractivity contribution is -0.141. The molecule has 19 heavy (non-hydrogen) atoms. The van der Waals surface area contributed by atoms with E-state index in [1.165, 1.54) is 12.0 Å². The van der Waals surface area contributed by atoms with Crippen molar-refractivity contribution in [2.45, 2.75) is 37.2 Å². The van der Waals surface area contributed by atoms with Crippen LogP contribution in [0.2, 0.25) is 0 Å². The lowest BCUT2D eigenvalue weighted by atomic mass is 10.1. The molecule has 1 aromatic rings. The zero-order chi connectivity index (χ0) is 13.9. The highest BCUT2D eigenvalue weighted by Crippen LogP contribution is 2.52. The van der Waals surface area contributed by atoms with Gasteiger partial charge in [0.2, 0.25) is 0 Å². The molecule has 0 heterocycles. The number of aliphatic hydroxyl groups excluding tert-OH is 1. The normalized spacial score (nSPS) is 17.8. The third-order valence-electron chi connectivity index (χ3n) is 3.61. The van der Waals surface area contributed by atoms with Crippen LogP contribution >= 0.6 is 11.8 Å². The molecule has 1 aliphatic rings. The summed E-state index contributed by atoms with van der Waals surface area (Å²) >= 11 is 1.77. The van der Waals surface area contributed by atoms with Crippen LogP contribution in [-0.4, -0.2) is 23.9 Å². The van der Waals surface area contributed by atoms with Crippen molar-refractivity contribution in [2.24, 2.45) is 5.41 Å².